The Balaban J connectivity index is 1.45. The lowest BCUT2D eigenvalue weighted by Crippen LogP contribution is -2.10. The first-order chi connectivity index (χ1) is 12.6. The van der Waals surface area contributed by atoms with Gasteiger partial charge in [0.25, 0.3) is 0 Å². The van der Waals surface area contributed by atoms with Crippen LogP contribution in [0.3, 0.4) is 0 Å². The molecule has 3 rings (SSSR count). The number of hydrogen-bond donors (Lipinski definition) is 2. The monoisotopic (exact) mass is 349 g/mol. The summed E-state index contributed by atoms with van der Waals surface area (Å²) in [6, 6.07) is 19.6. The number of benzene rings is 3. The van der Waals surface area contributed by atoms with Crippen LogP contribution in [-0.2, 0) is 0 Å². The predicted octanol–water partition coefficient (Wildman–Crippen LogP) is 5.12. The van der Waals surface area contributed by atoms with Gasteiger partial charge in [-0.1, -0.05) is 42.5 Å². The Morgan fingerprint density at radius 2 is 1.81 bits per heavy atom. The maximum atomic E-state index is 11.3. The summed E-state index contributed by atoms with van der Waals surface area (Å²) in [6.45, 7) is 3.27. The second-order valence-corrected chi connectivity index (χ2v) is 6.29. The maximum Gasteiger partial charge on any atom is 0.337 e. The lowest BCUT2D eigenvalue weighted by atomic mass is 10.1. The number of anilines is 1. The number of aryl methyl sites for hydroxylation is 1. The fourth-order valence-corrected chi connectivity index (χ4v) is 2.97. The fourth-order valence-electron chi connectivity index (χ4n) is 2.97. The molecule has 0 bridgehead atoms. The Hall–Kier alpha value is -3.01. The lowest BCUT2D eigenvalue weighted by Gasteiger charge is -2.13. The Morgan fingerprint density at radius 1 is 1.00 bits per heavy atom. The second kappa shape index (κ2) is 8.39. The van der Waals surface area contributed by atoms with Crippen molar-refractivity contribution in [3.63, 3.8) is 0 Å². The van der Waals surface area contributed by atoms with Crippen molar-refractivity contribution in [1.29, 1.82) is 0 Å². The molecule has 0 aliphatic carbocycles. The molecule has 0 amide bonds. The Morgan fingerprint density at radius 3 is 2.62 bits per heavy atom. The lowest BCUT2D eigenvalue weighted by molar-refractivity contribution is 0.0698. The maximum absolute atomic E-state index is 11.3. The first-order valence-corrected chi connectivity index (χ1v) is 8.83. The molecule has 4 nitrogen and oxygen atoms in total. The predicted molar refractivity (Wildman–Crippen MR) is 105 cm³/mol. The minimum Gasteiger partial charge on any atom is -0.494 e. The van der Waals surface area contributed by atoms with Gasteiger partial charge in [0.2, 0.25) is 0 Å². The molecule has 2 N–H and O–H groups in total. The normalized spacial score (nSPS) is 10.7. The third-order valence-electron chi connectivity index (χ3n) is 4.37. The molecular weight excluding hydrogens is 326 g/mol. The third-order valence-corrected chi connectivity index (χ3v) is 4.37. The summed E-state index contributed by atoms with van der Waals surface area (Å²) in [5.74, 6) is -0.0282. The van der Waals surface area contributed by atoms with Gasteiger partial charge in [0.15, 0.2) is 0 Å². The second-order valence-electron chi connectivity index (χ2n) is 6.29. The third kappa shape index (κ3) is 4.33. The van der Waals surface area contributed by atoms with E-state index in [2.05, 4.69) is 29.6 Å². The van der Waals surface area contributed by atoms with Gasteiger partial charge in [-0.05, 0) is 54.3 Å². The zero-order chi connectivity index (χ0) is 18.4. The van der Waals surface area contributed by atoms with Crippen molar-refractivity contribution in [3.8, 4) is 5.75 Å². The number of carboxylic acid groups (broad SMARTS) is 1. The van der Waals surface area contributed by atoms with Crippen molar-refractivity contribution in [2.45, 2.75) is 19.8 Å². The smallest absolute Gasteiger partial charge is 0.337 e. The molecule has 0 aliphatic rings. The molecule has 0 fully saturated rings. The highest BCUT2D eigenvalue weighted by Gasteiger charge is 2.11. The van der Waals surface area contributed by atoms with E-state index in [0.717, 1.165) is 24.2 Å². The molecule has 134 valence electrons. The molecule has 0 radical (unpaired) electrons. The van der Waals surface area contributed by atoms with Crippen LogP contribution in [0.5, 0.6) is 5.75 Å². The number of rotatable bonds is 8. The van der Waals surface area contributed by atoms with E-state index in [1.807, 2.05) is 31.2 Å². The first kappa shape index (κ1) is 17.8. The van der Waals surface area contributed by atoms with Crippen LogP contribution in [-0.4, -0.2) is 24.2 Å². The average Bonchev–Trinajstić information content (AvgIpc) is 2.65. The van der Waals surface area contributed by atoms with E-state index in [-0.39, 0.29) is 0 Å². The zero-order valence-corrected chi connectivity index (χ0v) is 14.9. The fraction of sp³-hybridized carbons (Fsp3) is 0.227. The summed E-state index contributed by atoms with van der Waals surface area (Å²) in [4.78, 5) is 11.3. The van der Waals surface area contributed by atoms with Crippen molar-refractivity contribution < 1.29 is 14.6 Å². The highest BCUT2D eigenvalue weighted by atomic mass is 16.5. The number of para-hydroxylation sites is 1. The summed E-state index contributed by atoms with van der Waals surface area (Å²) >= 11 is 0. The first-order valence-electron chi connectivity index (χ1n) is 8.83. The van der Waals surface area contributed by atoms with Crippen LogP contribution in [0.1, 0.15) is 28.8 Å². The molecule has 26 heavy (non-hydrogen) atoms. The van der Waals surface area contributed by atoms with Crippen LogP contribution in [0, 0.1) is 6.92 Å². The van der Waals surface area contributed by atoms with Gasteiger partial charge < -0.3 is 15.2 Å². The topological polar surface area (TPSA) is 58.6 Å². The molecule has 3 aromatic rings. The van der Waals surface area contributed by atoms with Crippen LogP contribution >= 0.6 is 0 Å². The number of fused-ring (bicyclic) bond motifs is 1. The highest BCUT2D eigenvalue weighted by molar-refractivity contribution is 5.95. The summed E-state index contributed by atoms with van der Waals surface area (Å²) in [5, 5.41) is 14.9. The van der Waals surface area contributed by atoms with Gasteiger partial charge >= 0.3 is 5.97 Å². The molecular formula is C22H23NO3. The van der Waals surface area contributed by atoms with Gasteiger partial charge in [-0.3, -0.25) is 0 Å². The van der Waals surface area contributed by atoms with Gasteiger partial charge in [0.05, 0.1) is 17.9 Å². The molecule has 0 spiro atoms. The Labute approximate surface area is 153 Å². The van der Waals surface area contributed by atoms with E-state index < -0.39 is 5.97 Å². The number of carboxylic acids is 1. The minimum atomic E-state index is -0.907. The quantitative estimate of drug-likeness (QED) is 0.554. The SMILES string of the molecule is Cc1cccc(C(=O)O)c1NCCCCOc1ccc2ccccc2c1. The van der Waals surface area contributed by atoms with Crippen molar-refractivity contribution in [2.24, 2.45) is 0 Å². The number of nitrogens with one attached hydrogen (secondary N) is 1. The van der Waals surface area contributed by atoms with E-state index >= 15 is 0 Å². The summed E-state index contributed by atoms with van der Waals surface area (Å²) < 4.78 is 5.83. The molecule has 0 unspecified atom stereocenters. The van der Waals surface area contributed by atoms with Crippen molar-refractivity contribution >= 4 is 22.4 Å². The van der Waals surface area contributed by atoms with Crippen LogP contribution in [0.2, 0.25) is 0 Å². The standard InChI is InChI=1S/C22H23NO3/c1-16-7-6-10-20(22(24)25)21(16)23-13-4-5-14-26-19-12-11-17-8-2-3-9-18(17)15-19/h2-3,6-12,15,23H,4-5,13-14H2,1H3,(H,24,25). The zero-order valence-electron chi connectivity index (χ0n) is 14.9. The number of aromatic carboxylic acids is 1. The van der Waals surface area contributed by atoms with Crippen LogP contribution in [0.25, 0.3) is 10.8 Å². The molecule has 0 heterocycles. The molecule has 0 aliphatic heterocycles. The summed E-state index contributed by atoms with van der Waals surface area (Å²) in [6.07, 6.45) is 1.80. The van der Waals surface area contributed by atoms with Crippen molar-refractivity contribution in [2.75, 3.05) is 18.5 Å². The summed E-state index contributed by atoms with van der Waals surface area (Å²) in [7, 11) is 0. The van der Waals surface area contributed by atoms with Crippen molar-refractivity contribution in [3.05, 3.63) is 71.8 Å². The van der Waals surface area contributed by atoms with Gasteiger partial charge in [0, 0.05) is 6.54 Å². The number of unbranched alkanes of at least 4 members (excludes halogenated alkanes) is 1. The van der Waals surface area contributed by atoms with E-state index in [1.54, 1.807) is 12.1 Å². The highest BCUT2D eigenvalue weighted by Crippen LogP contribution is 2.22. The minimum absolute atomic E-state index is 0.317. The number of ether oxygens (including phenoxy) is 1. The van der Waals surface area contributed by atoms with Gasteiger partial charge in [-0.25, -0.2) is 4.79 Å². The van der Waals surface area contributed by atoms with Crippen molar-refractivity contribution in [1.82, 2.24) is 0 Å². The average molecular weight is 349 g/mol. The number of carbonyl (C=O) groups is 1. The van der Waals surface area contributed by atoms with Gasteiger partial charge in [0.1, 0.15) is 5.75 Å². The van der Waals surface area contributed by atoms with Gasteiger partial charge in [-0.2, -0.15) is 0 Å². The molecule has 4 heteroatoms. The largest absolute Gasteiger partial charge is 0.494 e. The van der Waals surface area contributed by atoms with E-state index in [9.17, 15) is 9.90 Å². The van der Waals surface area contributed by atoms with E-state index in [1.165, 1.54) is 10.8 Å². The van der Waals surface area contributed by atoms with Crippen LogP contribution in [0.4, 0.5) is 5.69 Å². The molecule has 0 atom stereocenters. The van der Waals surface area contributed by atoms with Gasteiger partial charge in [-0.15, -0.1) is 0 Å². The Kier molecular flexibility index (Phi) is 5.74. The number of hydrogen-bond acceptors (Lipinski definition) is 3. The van der Waals surface area contributed by atoms with Crippen LogP contribution < -0.4 is 10.1 Å². The summed E-state index contributed by atoms with van der Waals surface area (Å²) in [5.41, 5.74) is 1.96. The van der Waals surface area contributed by atoms with E-state index in [0.29, 0.717) is 24.4 Å². The molecule has 0 aromatic heterocycles. The van der Waals surface area contributed by atoms with Crippen LogP contribution in [0.15, 0.2) is 60.7 Å². The Bertz CT molecular complexity index is 905. The molecule has 0 saturated heterocycles. The van der Waals surface area contributed by atoms with E-state index in [4.69, 9.17) is 4.74 Å². The molecule has 3 aromatic carbocycles. The molecule has 0 saturated carbocycles.